The minimum absolute atomic E-state index is 0.718. The van der Waals surface area contributed by atoms with Gasteiger partial charge in [0.2, 0.25) is 0 Å². The molecule has 0 aromatic rings. The van der Waals surface area contributed by atoms with Crippen LogP contribution in [0.25, 0.3) is 0 Å². The molecule has 0 atom stereocenters. The van der Waals surface area contributed by atoms with Crippen LogP contribution in [0, 0.1) is 0 Å². The first-order chi connectivity index (χ1) is 5.68. The minimum atomic E-state index is -1.80. The molecule has 0 heterocycles. The first kappa shape index (κ1) is 14.4. The number of rotatable bonds is 5. The predicted molar refractivity (Wildman–Crippen MR) is 55.4 cm³/mol. The molecule has 4 heteroatoms. The second-order valence-electron chi connectivity index (χ2n) is 2.43. The summed E-state index contributed by atoms with van der Waals surface area (Å²) in [5.74, 6) is 0. The summed E-state index contributed by atoms with van der Waals surface area (Å²) in [6.45, 7) is 8.76. The van der Waals surface area contributed by atoms with Crippen molar-refractivity contribution in [3.63, 3.8) is 0 Å². The fourth-order valence-electron chi connectivity index (χ4n) is 0.711. The van der Waals surface area contributed by atoms with Crippen molar-refractivity contribution in [3.8, 4) is 0 Å². The van der Waals surface area contributed by atoms with Crippen molar-refractivity contribution in [2.45, 2.75) is 19.0 Å². The van der Waals surface area contributed by atoms with Crippen LogP contribution in [0.1, 0.15) is 6.42 Å². The average molecular weight is 191 g/mol. The summed E-state index contributed by atoms with van der Waals surface area (Å²) >= 11 is 0. The molecule has 0 bridgehead atoms. The van der Waals surface area contributed by atoms with E-state index in [2.05, 4.69) is 13.2 Å². The van der Waals surface area contributed by atoms with Crippen LogP contribution in [-0.2, 0) is 8.85 Å². The molecule has 0 rings (SSSR count). The molecule has 12 heavy (non-hydrogen) atoms. The molecule has 0 fully saturated rings. The van der Waals surface area contributed by atoms with Crippen LogP contribution < -0.4 is 5.73 Å². The van der Waals surface area contributed by atoms with E-state index >= 15 is 0 Å². The fraction of sp³-hybridized carbons (Fsp3) is 0.750. The quantitative estimate of drug-likeness (QED) is 0.529. The van der Waals surface area contributed by atoms with E-state index in [1.165, 1.54) is 0 Å². The maximum Gasteiger partial charge on any atom is 0.334 e. The van der Waals surface area contributed by atoms with Gasteiger partial charge >= 0.3 is 8.56 Å². The lowest BCUT2D eigenvalue weighted by molar-refractivity contribution is 0.249. The highest BCUT2D eigenvalue weighted by molar-refractivity contribution is 6.65. The van der Waals surface area contributed by atoms with Crippen LogP contribution >= 0.6 is 0 Å². The second kappa shape index (κ2) is 8.93. The SMILES string of the molecule is C=C.CO[Si](C)(CCCN)OC. The zero-order valence-corrected chi connectivity index (χ0v) is 9.43. The lowest BCUT2D eigenvalue weighted by atomic mass is 10.5. The van der Waals surface area contributed by atoms with Gasteiger partial charge in [0.25, 0.3) is 0 Å². The van der Waals surface area contributed by atoms with E-state index in [1.807, 2.05) is 6.55 Å². The number of nitrogens with two attached hydrogens (primary N) is 1. The standard InChI is InChI=1S/C6H17NO2Si.C2H4/c1-8-10(3,9-2)6-4-5-7;1-2/h4-7H2,1-3H3;1-2H2. The average Bonchev–Trinajstić information content (AvgIpc) is 2.17. The van der Waals surface area contributed by atoms with Crippen molar-refractivity contribution < 1.29 is 8.85 Å². The molecule has 0 saturated heterocycles. The van der Waals surface area contributed by atoms with Crippen molar-refractivity contribution in [2.24, 2.45) is 5.73 Å². The molecule has 0 spiro atoms. The monoisotopic (exact) mass is 191 g/mol. The molecule has 74 valence electrons. The second-order valence-corrected chi connectivity index (χ2v) is 6.02. The first-order valence-corrected chi connectivity index (χ1v) is 6.51. The molecule has 0 amide bonds. The smallest absolute Gasteiger partial charge is 0.334 e. The Morgan fingerprint density at radius 3 is 1.92 bits per heavy atom. The molecule has 0 radical (unpaired) electrons. The summed E-state index contributed by atoms with van der Waals surface area (Å²) in [6, 6.07) is 0.983. The molecule has 3 nitrogen and oxygen atoms in total. The molecule has 0 aliphatic rings. The number of hydrogen-bond acceptors (Lipinski definition) is 3. The predicted octanol–water partition coefficient (Wildman–Crippen LogP) is 1.50. The Bertz CT molecular complexity index is 97.1. The van der Waals surface area contributed by atoms with Gasteiger partial charge in [0.05, 0.1) is 0 Å². The maximum absolute atomic E-state index is 5.36. The molecular formula is C8H21NO2Si. The molecule has 0 saturated carbocycles. The van der Waals surface area contributed by atoms with E-state index in [9.17, 15) is 0 Å². The zero-order chi connectivity index (χ0) is 10.0. The van der Waals surface area contributed by atoms with Crippen LogP contribution in [-0.4, -0.2) is 29.3 Å². The summed E-state index contributed by atoms with van der Waals surface area (Å²) in [5, 5.41) is 0. The van der Waals surface area contributed by atoms with Crippen molar-refractivity contribution >= 4 is 8.56 Å². The Balaban J connectivity index is 0. The van der Waals surface area contributed by atoms with E-state index in [0.717, 1.165) is 19.0 Å². The van der Waals surface area contributed by atoms with Crippen LogP contribution in [0.15, 0.2) is 13.2 Å². The van der Waals surface area contributed by atoms with Crippen LogP contribution in [0.5, 0.6) is 0 Å². The zero-order valence-electron chi connectivity index (χ0n) is 8.43. The normalized spacial score (nSPS) is 10.3. The Morgan fingerprint density at radius 1 is 1.25 bits per heavy atom. The van der Waals surface area contributed by atoms with Crippen molar-refractivity contribution in [1.82, 2.24) is 0 Å². The largest absolute Gasteiger partial charge is 0.398 e. The topological polar surface area (TPSA) is 44.5 Å². The first-order valence-electron chi connectivity index (χ1n) is 3.99. The minimum Gasteiger partial charge on any atom is -0.398 e. The van der Waals surface area contributed by atoms with E-state index in [0.29, 0.717) is 0 Å². The summed E-state index contributed by atoms with van der Waals surface area (Å²) in [7, 11) is 1.60. The van der Waals surface area contributed by atoms with Gasteiger partial charge in [-0.1, -0.05) is 0 Å². The van der Waals surface area contributed by atoms with Crippen LogP contribution in [0.2, 0.25) is 12.6 Å². The highest BCUT2D eigenvalue weighted by Crippen LogP contribution is 2.12. The number of hydrogen-bond donors (Lipinski definition) is 1. The molecule has 0 aromatic carbocycles. The van der Waals surface area contributed by atoms with Crippen LogP contribution in [0.3, 0.4) is 0 Å². The molecule has 0 aromatic heterocycles. The van der Waals surface area contributed by atoms with Gasteiger partial charge in [-0.3, -0.25) is 0 Å². The third-order valence-corrected chi connectivity index (χ3v) is 4.69. The lowest BCUT2D eigenvalue weighted by Gasteiger charge is -2.21. The van der Waals surface area contributed by atoms with E-state index in [-0.39, 0.29) is 0 Å². The van der Waals surface area contributed by atoms with Crippen molar-refractivity contribution in [3.05, 3.63) is 13.2 Å². The van der Waals surface area contributed by atoms with E-state index in [4.69, 9.17) is 14.6 Å². The van der Waals surface area contributed by atoms with Gasteiger partial charge in [-0.25, -0.2) is 0 Å². The highest BCUT2D eigenvalue weighted by atomic mass is 28.4. The Hall–Kier alpha value is -0.163. The summed E-state index contributed by atoms with van der Waals surface area (Å²) in [4.78, 5) is 0. The van der Waals surface area contributed by atoms with Gasteiger partial charge in [-0.2, -0.15) is 0 Å². The summed E-state index contributed by atoms with van der Waals surface area (Å²) in [6.07, 6.45) is 0.990. The van der Waals surface area contributed by atoms with E-state index in [1.54, 1.807) is 14.2 Å². The maximum atomic E-state index is 5.36. The van der Waals surface area contributed by atoms with Crippen molar-refractivity contribution in [1.29, 1.82) is 0 Å². The molecule has 0 aliphatic carbocycles. The Morgan fingerprint density at radius 2 is 1.67 bits per heavy atom. The van der Waals surface area contributed by atoms with Gasteiger partial charge < -0.3 is 14.6 Å². The van der Waals surface area contributed by atoms with Crippen LogP contribution in [0.4, 0.5) is 0 Å². The lowest BCUT2D eigenvalue weighted by Crippen LogP contribution is -2.36. The fourth-order valence-corrected chi connectivity index (χ4v) is 2.13. The molecule has 0 unspecified atom stereocenters. The van der Waals surface area contributed by atoms with Crippen molar-refractivity contribution in [2.75, 3.05) is 20.8 Å². The molecular weight excluding hydrogens is 170 g/mol. The Labute approximate surface area is 76.8 Å². The Kier molecular flexibility index (Phi) is 10.7. The summed E-state index contributed by atoms with van der Waals surface area (Å²) < 4.78 is 10.5. The summed E-state index contributed by atoms with van der Waals surface area (Å²) in [5.41, 5.74) is 5.36. The van der Waals surface area contributed by atoms with Gasteiger partial charge in [0.15, 0.2) is 0 Å². The van der Waals surface area contributed by atoms with Gasteiger partial charge in [-0.05, 0) is 25.6 Å². The molecule has 2 N–H and O–H groups in total. The third-order valence-electron chi connectivity index (χ3n) is 1.70. The van der Waals surface area contributed by atoms with Gasteiger partial charge in [-0.15, -0.1) is 13.2 Å². The third kappa shape index (κ3) is 6.54. The van der Waals surface area contributed by atoms with E-state index < -0.39 is 8.56 Å². The highest BCUT2D eigenvalue weighted by Gasteiger charge is 2.27. The van der Waals surface area contributed by atoms with Gasteiger partial charge in [0.1, 0.15) is 0 Å². The van der Waals surface area contributed by atoms with Gasteiger partial charge in [0, 0.05) is 14.2 Å². The molecule has 0 aliphatic heterocycles.